The Morgan fingerprint density at radius 2 is 1.80 bits per heavy atom. The largest absolute Gasteiger partial charge is 0.398 e. The highest BCUT2D eigenvalue weighted by Gasteiger charge is 2.20. The smallest absolute Gasteiger partial charge is 0.142 e. The molecule has 5 rings (SSSR count). The van der Waals surface area contributed by atoms with Crippen molar-refractivity contribution in [3.63, 3.8) is 0 Å². The first-order valence-electron chi connectivity index (χ1n) is 9.61. The molecule has 0 radical (unpaired) electrons. The van der Waals surface area contributed by atoms with Gasteiger partial charge in [-0.15, -0.1) is 11.3 Å². The number of benzene rings is 3. The Labute approximate surface area is 182 Å². The molecule has 2 heterocycles. The quantitative estimate of drug-likeness (QED) is 0.271. The van der Waals surface area contributed by atoms with Crippen LogP contribution >= 0.6 is 22.9 Å². The lowest BCUT2D eigenvalue weighted by Gasteiger charge is -2.17. The predicted molar refractivity (Wildman–Crippen MR) is 128 cm³/mol. The number of hydrogen-bond acceptors (Lipinski definition) is 5. The molecule has 0 atom stereocenters. The monoisotopic (exact) mass is 436 g/mol. The molecule has 0 aliphatic carbocycles. The number of halogens is 1. The van der Waals surface area contributed by atoms with Crippen LogP contribution in [0, 0.1) is 0 Å². The summed E-state index contributed by atoms with van der Waals surface area (Å²) < 4.78 is 1.75. The minimum Gasteiger partial charge on any atom is -0.398 e. The molecule has 5 nitrogen and oxygen atoms in total. The number of nitrogen functional groups attached to an aromatic ring is 2. The molecule has 0 bridgehead atoms. The van der Waals surface area contributed by atoms with Crippen LogP contribution in [0.5, 0.6) is 0 Å². The van der Waals surface area contributed by atoms with Crippen LogP contribution < -0.4 is 11.5 Å². The van der Waals surface area contributed by atoms with E-state index in [0.717, 1.165) is 37.5 Å². The summed E-state index contributed by atoms with van der Waals surface area (Å²) in [7, 11) is 0. The molecule has 0 saturated heterocycles. The van der Waals surface area contributed by atoms with Crippen molar-refractivity contribution in [2.75, 3.05) is 11.5 Å². The van der Waals surface area contributed by atoms with Gasteiger partial charge in [0.15, 0.2) is 0 Å². The Morgan fingerprint density at radius 3 is 2.50 bits per heavy atom. The summed E-state index contributed by atoms with van der Waals surface area (Å²) >= 11 is 7.92. The SMILES string of the molecule is CC(C)(O)Cc1ccc2c(c1)c1cc(Cl)sc1c1[nH]c(-c3c(N)cccc3N)nc21. The highest BCUT2D eigenvalue weighted by atomic mass is 35.5. The van der Waals surface area contributed by atoms with Crippen molar-refractivity contribution in [3.8, 4) is 11.4 Å². The van der Waals surface area contributed by atoms with E-state index in [2.05, 4.69) is 17.1 Å². The summed E-state index contributed by atoms with van der Waals surface area (Å²) in [6, 6.07) is 13.7. The molecule has 0 spiro atoms. The topological polar surface area (TPSA) is 101 Å². The van der Waals surface area contributed by atoms with E-state index in [1.54, 1.807) is 0 Å². The summed E-state index contributed by atoms with van der Waals surface area (Å²) in [6.07, 6.45) is 0.559. The number of imidazole rings is 1. The van der Waals surface area contributed by atoms with Crippen LogP contribution in [0.3, 0.4) is 0 Å². The second-order valence-electron chi connectivity index (χ2n) is 8.28. The fourth-order valence-electron chi connectivity index (χ4n) is 4.09. The Hall–Kier alpha value is -2.80. The van der Waals surface area contributed by atoms with Crippen LogP contribution in [0.4, 0.5) is 11.4 Å². The van der Waals surface area contributed by atoms with Crippen LogP contribution in [0.1, 0.15) is 19.4 Å². The minimum atomic E-state index is -0.787. The Kier molecular flexibility index (Phi) is 4.22. The van der Waals surface area contributed by atoms with Gasteiger partial charge < -0.3 is 21.6 Å². The average molecular weight is 437 g/mol. The van der Waals surface area contributed by atoms with E-state index in [-0.39, 0.29) is 0 Å². The Bertz CT molecular complexity index is 1420. The summed E-state index contributed by atoms with van der Waals surface area (Å²) in [6.45, 7) is 3.62. The molecule has 0 aliphatic heterocycles. The fraction of sp³-hybridized carbons (Fsp3) is 0.174. The summed E-state index contributed by atoms with van der Waals surface area (Å²) in [5.41, 5.74) is 16.3. The van der Waals surface area contributed by atoms with Crippen molar-refractivity contribution in [3.05, 3.63) is 52.4 Å². The van der Waals surface area contributed by atoms with Gasteiger partial charge in [0.1, 0.15) is 5.82 Å². The molecule has 0 amide bonds. The van der Waals surface area contributed by atoms with E-state index < -0.39 is 5.60 Å². The van der Waals surface area contributed by atoms with Crippen molar-refractivity contribution in [2.24, 2.45) is 0 Å². The van der Waals surface area contributed by atoms with Crippen LogP contribution in [-0.4, -0.2) is 20.7 Å². The molecule has 2 aromatic heterocycles. The van der Waals surface area contributed by atoms with Crippen molar-refractivity contribution in [2.45, 2.75) is 25.9 Å². The van der Waals surface area contributed by atoms with Crippen LogP contribution in [-0.2, 0) is 6.42 Å². The Morgan fingerprint density at radius 1 is 1.07 bits per heavy atom. The first kappa shape index (κ1) is 19.2. The van der Waals surface area contributed by atoms with Crippen molar-refractivity contribution in [1.29, 1.82) is 0 Å². The van der Waals surface area contributed by atoms with E-state index in [1.165, 1.54) is 11.3 Å². The van der Waals surface area contributed by atoms with Gasteiger partial charge in [0, 0.05) is 28.6 Å². The molecule has 3 aromatic carbocycles. The number of nitrogens with two attached hydrogens (primary N) is 2. The number of aromatic amines is 1. The van der Waals surface area contributed by atoms with Crippen molar-refractivity contribution >= 4 is 66.2 Å². The molecule has 152 valence electrons. The summed E-state index contributed by atoms with van der Waals surface area (Å²) in [5.74, 6) is 0.638. The highest BCUT2D eigenvalue weighted by molar-refractivity contribution is 7.23. The van der Waals surface area contributed by atoms with E-state index in [9.17, 15) is 5.11 Å². The molecule has 7 heteroatoms. The molecule has 5 aromatic rings. The zero-order valence-electron chi connectivity index (χ0n) is 16.6. The number of nitrogens with zero attached hydrogens (tertiary/aromatic N) is 1. The van der Waals surface area contributed by atoms with Gasteiger partial charge in [0.2, 0.25) is 0 Å². The highest BCUT2D eigenvalue weighted by Crippen LogP contribution is 2.42. The standard InChI is InChI=1S/C23H21ClN4OS/c1-23(2,29)10-11-6-7-12-13(8-11)14-9-17(24)30-21(14)20-19(12)27-22(28-20)18-15(25)4-3-5-16(18)26/h3-9,29H,10,25-26H2,1-2H3,(H,27,28). The first-order chi connectivity index (χ1) is 14.2. The second kappa shape index (κ2) is 6.60. The molecule has 30 heavy (non-hydrogen) atoms. The molecular formula is C23H21ClN4OS. The maximum atomic E-state index is 10.3. The van der Waals surface area contributed by atoms with Gasteiger partial charge in [-0.25, -0.2) is 4.98 Å². The number of anilines is 2. The van der Waals surface area contributed by atoms with Crippen LogP contribution in [0.15, 0.2) is 42.5 Å². The lowest BCUT2D eigenvalue weighted by atomic mass is 9.95. The number of rotatable bonds is 3. The number of fused-ring (bicyclic) bond motifs is 6. The van der Waals surface area contributed by atoms with Crippen molar-refractivity contribution < 1.29 is 5.11 Å². The average Bonchev–Trinajstić information content (AvgIpc) is 3.24. The predicted octanol–water partition coefficient (Wildman–Crippen LogP) is 5.73. The maximum absolute atomic E-state index is 10.3. The zero-order chi connectivity index (χ0) is 21.2. The van der Waals surface area contributed by atoms with Gasteiger partial charge >= 0.3 is 0 Å². The third kappa shape index (κ3) is 3.08. The second-order valence-corrected chi connectivity index (χ2v) is 9.97. The third-order valence-corrected chi connectivity index (χ3v) is 6.55. The Balaban J connectivity index is 1.85. The molecular weight excluding hydrogens is 416 g/mol. The lowest BCUT2D eigenvalue weighted by molar-refractivity contribution is 0.0810. The van der Waals surface area contributed by atoms with E-state index in [1.807, 2.05) is 44.2 Å². The zero-order valence-corrected chi connectivity index (χ0v) is 18.2. The fourth-order valence-corrected chi connectivity index (χ4v) is 5.33. The number of aromatic nitrogens is 2. The number of nitrogens with one attached hydrogen (secondary N) is 1. The number of hydrogen-bond donors (Lipinski definition) is 4. The lowest BCUT2D eigenvalue weighted by Crippen LogP contribution is -2.21. The van der Waals surface area contributed by atoms with Gasteiger partial charge in [0.25, 0.3) is 0 Å². The molecule has 0 fully saturated rings. The first-order valence-corrected chi connectivity index (χ1v) is 10.8. The molecule has 0 saturated carbocycles. The van der Waals surface area contributed by atoms with E-state index in [0.29, 0.717) is 33.5 Å². The third-order valence-electron chi connectivity index (χ3n) is 5.26. The van der Waals surface area contributed by atoms with Crippen molar-refractivity contribution in [1.82, 2.24) is 9.97 Å². The van der Waals surface area contributed by atoms with Crippen LogP contribution in [0.25, 0.3) is 43.3 Å². The van der Waals surface area contributed by atoms with Gasteiger partial charge in [-0.2, -0.15) is 0 Å². The van der Waals surface area contributed by atoms with Gasteiger partial charge in [0.05, 0.1) is 31.2 Å². The number of aliphatic hydroxyl groups is 1. The minimum absolute atomic E-state index is 0.559. The van der Waals surface area contributed by atoms with Crippen LogP contribution in [0.2, 0.25) is 4.34 Å². The number of thiophene rings is 1. The molecule has 0 aliphatic rings. The molecule has 6 N–H and O–H groups in total. The van der Waals surface area contributed by atoms with Gasteiger partial charge in [-0.05, 0) is 43.0 Å². The molecule has 0 unspecified atom stereocenters. The summed E-state index contributed by atoms with van der Waals surface area (Å²) in [4.78, 5) is 8.33. The normalized spacial score (nSPS) is 12.4. The maximum Gasteiger partial charge on any atom is 0.142 e. The van der Waals surface area contributed by atoms with Gasteiger partial charge in [-0.1, -0.05) is 35.9 Å². The number of H-pyrrole nitrogens is 1. The van der Waals surface area contributed by atoms with Gasteiger partial charge in [-0.3, -0.25) is 0 Å². The van der Waals surface area contributed by atoms with E-state index in [4.69, 9.17) is 28.1 Å². The summed E-state index contributed by atoms with van der Waals surface area (Å²) in [5, 5.41) is 13.4. The van der Waals surface area contributed by atoms with E-state index >= 15 is 0 Å².